The molecule has 0 saturated carbocycles. The van der Waals surface area contributed by atoms with Crippen LogP contribution < -0.4 is 0 Å². The van der Waals surface area contributed by atoms with Crippen LogP contribution >= 0.6 is 11.8 Å². The van der Waals surface area contributed by atoms with Crippen LogP contribution in [0.3, 0.4) is 0 Å². The maximum absolute atomic E-state index is 3.82. The van der Waals surface area contributed by atoms with Crippen LogP contribution in [0.15, 0.2) is 12.0 Å². The highest BCUT2D eigenvalue weighted by atomic mass is 32.2. The fraction of sp³-hybridized carbons (Fsp3) is 0.833. The standard InChI is InChI=1S/C12H23NS/c1-7-14-10-8-11(2,3)13(6)12(4,5)9-10/h7,10H,1,8-9H2,2-6H3. The van der Waals surface area contributed by atoms with E-state index in [0.29, 0.717) is 11.1 Å². The van der Waals surface area contributed by atoms with Crippen LogP contribution in [-0.4, -0.2) is 28.3 Å². The summed E-state index contributed by atoms with van der Waals surface area (Å²) in [7, 11) is 2.24. The molecule has 0 spiro atoms. The van der Waals surface area contributed by atoms with Gasteiger partial charge < -0.3 is 0 Å². The van der Waals surface area contributed by atoms with Gasteiger partial charge in [0.2, 0.25) is 0 Å². The van der Waals surface area contributed by atoms with Crippen molar-refractivity contribution in [3.8, 4) is 0 Å². The van der Waals surface area contributed by atoms with Gasteiger partial charge in [0.25, 0.3) is 0 Å². The summed E-state index contributed by atoms with van der Waals surface area (Å²) >= 11 is 1.90. The first-order valence-corrected chi connectivity index (χ1v) is 6.24. The Morgan fingerprint density at radius 3 is 2.00 bits per heavy atom. The fourth-order valence-electron chi connectivity index (χ4n) is 2.51. The van der Waals surface area contributed by atoms with E-state index in [1.165, 1.54) is 12.8 Å². The largest absolute Gasteiger partial charge is 0.296 e. The third-order valence-corrected chi connectivity index (χ3v) is 4.47. The zero-order chi connectivity index (χ0) is 11.0. The molecule has 0 N–H and O–H groups in total. The van der Waals surface area contributed by atoms with Gasteiger partial charge in [-0.05, 0) is 53.0 Å². The minimum absolute atomic E-state index is 0.308. The average Bonchev–Trinajstić information content (AvgIpc) is 1.99. The molecular weight excluding hydrogens is 190 g/mol. The molecule has 14 heavy (non-hydrogen) atoms. The van der Waals surface area contributed by atoms with E-state index in [9.17, 15) is 0 Å². The SMILES string of the molecule is C=CSC1CC(C)(C)N(C)C(C)(C)C1. The van der Waals surface area contributed by atoms with Crippen LogP contribution in [0.2, 0.25) is 0 Å². The van der Waals surface area contributed by atoms with Crippen molar-refractivity contribution in [1.29, 1.82) is 0 Å². The quantitative estimate of drug-likeness (QED) is 0.690. The topological polar surface area (TPSA) is 3.24 Å². The number of likely N-dealkylation sites (tertiary alicyclic amines) is 1. The molecule has 1 rings (SSSR count). The highest BCUT2D eigenvalue weighted by Crippen LogP contribution is 2.41. The normalized spacial score (nSPS) is 27.5. The Bertz CT molecular complexity index is 202. The Labute approximate surface area is 92.9 Å². The molecule has 82 valence electrons. The number of piperidine rings is 1. The molecule has 1 aliphatic rings. The highest BCUT2D eigenvalue weighted by molar-refractivity contribution is 8.02. The number of nitrogens with zero attached hydrogens (tertiary/aromatic N) is 1. The molecule has 1 heterocycles. The molecule has 1 saturated heterocycles. The first kappa shape index (κ1) is 12.1. The number of thioether (sulfide) groups is 1. The predicted octanol–water partition coefficient (Wildman–Crippen LogP) is 3.51. The summed E-state index contributed by atoms with van der Waals surface area (Å²) in [5, 5.41) is 2.72. The molecule has 0 unspecified atom stereocenters. The zero-order valence-electron chi connectivity index (χ0n) is 10.1. The Kier molecular flexibility index (Phi) is 3.37. The monoisotopic (exact) mass is 213 g/mol. The summed E-state index contributed by atoms with van der Waals surface area (Å²) in [6.07, 6.45) is 2.51. The van der Waals surface area contributed by atoms with Gasteiger partial charge in [-0.2, -0.15) is 0 Å². The molecular formula is C12H23NS. The van der Waals surface area contributed by atoms with E-state index in [1.807, 2.05) is 17.2 Å². The van der Waals surface area contributed by atoms with E-state index < -0.39 is 0 Å². The van der Waals surface area contributed by atoms with Gasteiger partial charge >= 0.3 is 0 Å². The summed E-state index contributed by atoms with van der Waals surface area (Å²) in [4.78, 5) is 2.51. The van der Waals surface area contributed by atoms with Crippen LogP contribution in [0.5, 0.6) is 0 Å². The third-order valence-electron chi connectivity index (χ3n) is 3.56. The van der Waals surface area contributed by atoms with Crippen molar-refractivity contribution in [3.05, 3.63) is 12.0 Å². The van der Waals surface area contributed by atoms with Gasteiger partial charge in [-0.3, -0.25) is 4.90 Å². The van der Waals surface area contributed by atoms with E-state index in [4.69, 9.17) is 0 Å². The second kappa shape index (κ2) is 3.90. The molecule has 0 atom stereocenters. The lowest BCUT2D eigenvalue weighted by Crippen LogP contribution is -2.59. The molecule has 0 aromatic heterocycles. The van der Waals surface area contributed by atoms with Gasteiger partial charge in [0.05, 0.1) is 0 Å². The first-order chi connectivity index (χ1) is 6.29. The van der Waals surface area contributed by atoms with Crippen LogP contribution in [0.1, 0.15) is 40.5 Å². The van der Waals surface area contributed by atoms with Gasteiger partial charge in [0.15, 0.2) is 0 Å². The fourth-order valence-corrected chi connectivity index (χ4v) is 3.79. The predicted molar refractivity (Wildman–Crippen MR) is 66.7 cm³/mol. The van der Waals surface area contributed by atoms with Gasteiger partial charge in [-0.1, -0.05) is 6.58 Å². The van der Waals surface area contributed by atoms with Gasteiger partial charge in [0.1, 0.15) is 0 Å². The molecule has 0 bridgehead atoms. The van der Waals surface area contributed by atoms with Gasteiger partial charge in [-0.15, -0.1) is 11.8 Å². The maximum atomic E-state index is 3.82. The molecule has 2 heteroatoms. The molecule has 0 aromatic carbocycles. The molecule has 0 aromatic rings. The second-order valence-electron chi connectivity index (χ2n) is 5.52. The molecule has 0 radical (unpaired) electrons. The first-order valence-electron chi connectivity index (χ1n) is 5.30. The molecule has 0 amide bonds. The van der Waals surface area contributed by atoms with Crippen LogP contribution in [0.25, 0.3) is 0 Å². The van der Waals surface area contributed by atoms with Crippen molar-refractivity contribution in [1.82, 2.24) is 4.90 Å². The number of rotatable bonds is 2. The number of hydrogen-bond donors (Lipinski definition) is 0. The smallest absolute Gasteiger partial charge is 0.0166 e. The van der Waals surface area contributed by atoms with Crippen molar-refractivity contribution in [2.24, 2.45) is 0 Å². The number of hydrogen-bond acceptors (Lipinski definition) is 2. The average molecular weight is 213 g/mol. The van der Waals surface area contributed by atoms with Gasteiger partial charge in [-0.25, -0.2) is 0 Å². The van der Waals surface area contributed by atoms with E-state index in [2.05, 4.69) is 46.2 Å². The summed E-state index contributed by atoms with van der Waals surface area (Å²) in [6, 6.07) is 0. The molecule has 1 fully saturated rings. The van der Waals surface area contributed by atoms with Crippen molar-refractivity contribution in [2.75, 3.05) is 7.05 Å². The summed E-state index contributed by atoms with van der Waals surface area (Å²) in [5.41, 5.74) is 0.616. The zero-order valence-corrected chi connectivity index (χ0v) is 10.9. The van der Waals surface area contributed by atoms with E-state index >= 15 is 0 Å². The van der Waals surface area contributed by atoms with E-state index in [1.54, 1.807) is 0 Å². The summed E-state index contributed by atoms with van der Waals surface area (Å²) in [6.45, 7) is 13.2. The van der Waals surface area contributed by atoms with Crippen LogP contribution in [0.4, 0.5) is 0 Å². The molecule has 1 aliphatic heterocycles. The Balaban J connectivity index is 2.80. The molecule has 0 aliphatic carbocycles. The maximum Gasteiger partial charge on any atom is 0.0166 e. The highest BCUT2D eigenvalue weighted by Gasteiger charge is 2.42. The Morgan fingerprint density at radius 1 is 1.21 bits per heavy atom. The van der Waals surface area contributed by atoms with Crippen LogP contribution in [-0.2, 0) is 0 Å². The van der Waals surface area contributed by atoms with Crippen molar-refractivity contribution in [3.63, 3.8) is 0 Å². The lowest BCUT2D eigenvalue weighted by molar-refractivity contribution is 0.00142. The van der Waals surface area contributed by atoms with E-state index in [0.717, 1.165) is 5.25 Å². The molecule has 1 nitrogen and oxygen atoms in total. The Morgan fingerprint density at radius 2 is 1.64 bits per heavy atom. The Hall–Kier alpha value is 0.0500. The third kappa shape index (κ3) is 2.34. The minimum Gasteiger partial charge on any atom is -0.296 e. The van der Waals surface area contributed by atoms with Crippen molar-refractivity contribution >= 4 is 11.8 Å². The summed E-state index contributed by atoms with van der Waals surface area (Å²) in [5.74, 6) is 0. The van der Waals surface area contributed by atoms with Crippen molar-refractivity contribution < 1.29 is 0 Å². The van der Waals surface area contributed by atoms with Crippen LogP contribution in [0, 0.1) is 0 Å². The lowest BCUT2D eigenvalue weighted by atomic mass is 9.80. The lowest BCUT2D eigenvalue weighted by Gasteiger charge is -2.53. The van der Waals surface area contributed by atoms with E-state index in [-0.39, 0.29) is 0 Å². The van der Waals surface area contributed by atoms with Gasteiger partial charge in [0, 0.05) is 16.3 Å². The van der Waals surface area contributed by atoms with Crippen molar-refractivity contribution in [2.45, 2.75) is 56.9 Å². The second-order valence-corrected chi connectivity index (χ2v) is 6.79. The summed E-state index contributed by atoms with van der Waals surface area (Å²) < 4.78 is 0. The minimum atomic E-state index is 0.308.